The highest BCUT2D eigenvalue weighted by Gasteiger charge is 2.19. The molecule has 0 aromatic heterocycles. The van der Waals surface area contributed by atoms with Gasteiger partial charge in [-0.05, 0) is 33.7 Å². The van der Waals surface area contributed by atoms with Gasteiger partial charge in [0.25, 0.3) is 0 Å². The Kier molecular flexibility index (Phi) is 8.04. The lowest BCUT2D eigenvalue weighted by atomic mass is 11.8. The molecule has 0 aromatic carbocycles. The molecule has 0 rings (SSSR count). The molecule has 0 aliphatic carbocycles. The van der Waals surface area contributed by atoms with Crippen molar-refractivity contribution in [1.29, 1.82) is 0 Å². The van der Waals surface area contributed by atoms with Crippen LogP contribution in [0.1, 0.15) is 0 Å². The summed E-state index contributed by atoms with van der Waals surface area (Å²) >= 11 is 13.8. The Balaban J connectivity index is 0. The monoisotopic (exact) mass is 317 g/mol. The lowest BCUT2D eigenvalue weighted by molar-refractivity contribution is 0.580. The zero-order chi connectivity index (χ0) is 12.2. The van der Waals surface area contributed by atoms with Gasteiger partial charge in [0, 0.05) is 13.3 Å². The van der Waals surface area contributed by atoms with Crippen molar-refractivity contribution in [2.45, 2.75) is 19.6 Å². The Labute approximate surface area is 101 Å². The second-order valence-corrected chi connectivity index (χ2v) is 18.8. The van der Waals surface area contributed by atoms with Crippen LogP contribution in [0.3, 0.4) is 0 Å². The summed E-state index contributed by atoms with van der Waals surface area (Å²) in [5, 5.41) is -3.22. The summed E-state index contributed by atoms with van der Waals surface area (Å²) in [6.07, 6.45) is 0. The lowest BCUT2D eigenvalue weighted by Crippen LogP contribution is -2.38. The lowest BCUT2D eigenvalue weighted by Gasteiger charge is -2.21. The zero-order valence-electron chi connectivity index (χ0n) is 8.84. The highest BCUT2D eigenvalue weighted by Crippen LogP contribution is 2.61. The second-order valence-electron chi connectivity index (χ2n) is 4.11. The van der Waals surface area contributed by atoms with Crippen molar-refractivity contribution in [3.05, 3.63) is 0 Å². The Morgan fingerprint density at radius 3 is 1.21 bits per heavy atom. The van der Waals surface area contributed by atoms with Gasteiger partial charge in [-0.3, -0.25) is 9.32 Å². The van der Waals surface area contributed by atoms with Gasteiger partial charge in [0.1, 0.15) is 15.5 Å². The van der Waals surface area contributed by atoms with E-state index in [1.165, 1.54) is 0 Å². The van der Waals surface area contributed by atoms with Gasteiger partial charge < -0.3 is 4.57 Å². The van der Waals surface area contributed by atoms with Gasteiger partial charge in [0.05, 0.1) is 0 Å². The largest absolute Gasteiger partial charge is 0.339 e. The molecule has 0 saturated heterocycles. The highest BCUT2D eigenvalue weighted by atomic mass is 36.0. The van der Waals surface area contributed by atoms with Crippen LogP contribution in [0.25, 0.3) is 0 Å². The first-order valence-electron chi connectivity index (χ1n) is 3.74. The van der Waals surface area contributed by atoms with E-state index in [1.807, 2.05) is 0 Å². The maximum Gasteiger partial charge on any atom is 0.339 e. The van der Waals surface area contributed by atoms with Gasteiger partial charge >= 0.3 is 5.20 Å². The molecule has 0 radical (unpaired) electrons. The molecule has 0 amide bonds. The van der Waals surface area contributed by atoms with Crippen molar-refractivity contribution in [2.75, 3.05) is 13.3 Å². The average Bonchev–Trinajstić information content (AvgIpc) is 1.42. The zero-order valence-corrected chi connectivity index (χ0v) is 13.9. The first-order chi connectivity index (χ1) is 5.71. The van der Waals surface area contributed by atoms with Crippen LogP contribution in [0.5, 0.6) is 0 Å². The van der Waals surface area contributed by atoms with Crippen LogP contribution in [0, 0.1) is 0 Å². The SMILES string of the molecule is C[Si](C)(C)NP(C)(C)=O.O=P(Cl)(Cl)Cl. The molecule has 0 unspecified atom stereocenters. The van der Waals surface area contributed by atoms with Gasteiger partial charge in [0.15, 0.2) is 0 Å². The summed E-state index contributed by atoms with van der Waals surface area (Å²) in [6.45, 7) is 9.97. The van der Waals surface area contributed by atoms with Crippen molar-refractivity contribution in [3.8, 4) is 0 Å². The number of hydrogen-bond acceptors (Lipinski definition) is 2. The molecule has 0 atom stereocenters. The van der Waals surface area contributed by atoms with Crippen LogP contribution >= 0.6 is 46.2 Å². The van der Waals surface area contributed by atoms with Crippen LogP contribution in [0.4, 0.5) is 0 Å². The summed E-state index contributed by atoms with van der Waals surface area (Å²) in [6, 6.07) is 0. The van der Waals surface area contributed by atoms with Gasteiger partial charge in [0.2, 0.25) is 0 Å². The maximum absolute atomic E-state index is 11.2. The number of nitrogens with one attached hydrogen (secondary N) is 1. The first kappa shape index (κ1) is 17.9. The van der Waals surface area contributed by atoms with Crippen molar-refractivity contribution in [1.82, 2.24) is 4.75 Å². The standard InChI is InChI=1S/C5H16NOPSi.Cl3OP/c1-8(2,7)6-9(3,4)5;1-5(2,3)4/h1-5H3,(H,6,7);. The van der Waals surface area contributed by atoms with Crippen LogP contribution in [0.15, 0.2) is 0 Å². The fourth-order valence-electron chi connectivity index (χ4n) is 0.808. The van der Waals surface area contributed by atoms with E-state index < -0.39 is 20.7 Å². The molecule has 14 heavy (non-hydrogen) atoms. The van der Waals surface area contributed by atoms with Crippen molar-refractivity contribution < 1.29 is 9.13 Å². The van der Waals surface area contributed by atoms with E-state index in [2.05, 4.69) is 58.1 Å². The summed E-state index contributed by atoms with van der Waals surface area (Å²) < 4.78 is 23.8. The van der Waals surface area contributed by atoms with Crippen LogP contribution in [-0.2, 0) is 9.13 Å². The smallest absolute Gasteiger partial charge is 0.308 e. The van der Waals surface area contributed by atoms with Crippen LogP contribution < -0.4 is 4.75 Å². The van der Waals surface area contributed by atoms with Gasteiger partial charge in [-0.25, -0.2) is 0 Å². The molecule has 9 heteroatoms. The predicted octanol–water partition coefficient (Wildman–Crippen LogP) is 4.76. The molecule has 0 heterocycles. The third-order valence-electron chi connectivity index (χ3n) is 0.605. The van der Waals surface area contributed by atoms with E-state index >= 15 is 0 Å². The molecule has 0 bridgehead atoms. The van der Waals surface area contributed by atoms with Gasteiger partial charge in [-0.2, -0.15) is 0 Å². The fourth-order valence-corrected chi connectivity index (χ4v) is 7.27. The van der Waals surface area contributed by atoms with E-state index in [1.54, 1.807) is 13.3 Å². The molecule has 0 spiro atoms. The third kappa shape index (κ3) is 37.5. The van der Waals surface area contributed by atoms with E-state index in [4.69, 9.17) is 0 Å². The number of halogens is 3. The fraction of sp³-hybridized carbons (Fsp3) is 1.00. The molecule has 88 valence electrons. The Morgan fingerprint density at radius 1 is 1.00 bits per heavy atom. The summed E-state index contributed by atoms with van der Waals surface area (Å²) in [7, 11) is -3.28. The van der Waals surface area contributed by atoms with Crippen LogP contribution in [-0.4, -0.2) is 21.6 Å². The van der Waals surface area contributed by atoms with E-state index in [0.717, 1.165) is 0 Å². The third-order valence-corrected chi connectivity index (χ3v) is 5.44. The molecule has 3 nitrogen and oxygen atoms in total. The first-order valence-corrected chi connectivity index (χ1v) is 14.3. The summed E-state index contributed by atoms with van der Waals surface area (Å²) in [5.74, 6) is 0. The van der Waals surface area contributed by atoms with Crippen LogP contribution in [0.2, 0.25) is 19.6 Å². The molecular weight excluding hydrogens is 302 g/mol. The Hall–Kier alpha value is 1.51. The molecular formula is C5H16Cl3NO2P2Si. The molecule has 0 saturated carbocycles. The van der Waals surface area contributed by atoms with Crippen molar-refractivity contribution in [3.63, 3.8) is 0 Å². The summed E-state index contributed by atoms with van der Waals surface area (Å²) in [5.41, 5.74) is 0. The van der Waals surface area contributed by atoms with Crippen molar-refractivity contribution in [2.24, 2.45) is 0 Å². The minimum atomic E-state index is -3.22. The van der Waals surface area contributed by atoms with E-state index in [9.17, 15) is 9.13 Å². The average molecular weight is 319 g/mol. The molecule has 1 N–H and O–H groups in total. The molecule has 0 fully saturated rings. The Bertz CT molecular complexity index is 248. The maximum atomic E-state index is 11.2. The van der Waals surface area contributed by atoms with Gasteiger partial charge in [-0.15, -0.1) is 0 Å². The summed E-state index contributed by atoms with van der Waals surface area (Å²) in [4.78, 5) is 0. The number of rotatable bonds is 2. The normalized spacial score (nSPS) is 13.1. The predicted molar refractivity (Wildman–Crippen MR) is 71.1 cm³/mol. The quantitative estimate of drug-likeness (QED) is 0.590. The minimum Gasteiger partial charge on any atom is -0.308 e. The van der Waals surface area contributed by atoms with Gasteiger partial charge in [-0.1, -0.05) is 19.6 Å². The Morgan fingerprint density at radius 2 is 1.21 bits per heavy atom. The van der Waals surface area contributed by atoms with E-state index in [0.29, 0.717) is 0 Å². The number of hydrogen-bond donors (Lipinski definition) is 1. The van der Waals surface area contributed by atoms with Crippen molar-refractivity contribution >= 4 is 54.5 Å². The topological polar surface area (TPSA) is 46.2 Å². The second kappa shape index (κ2) is 6.29. The van der Waals surface area contributed by atoms with E-state index in [-0.39, 0.29) is 0 Å². The molecule has 0 aliphatic heterocycles. The molecule has 0 aliphatic rings. The minimum absolute atomic E-state index is 1.31. The highest BCUT2D eigenvalue weighted by molar-refractivity contribution is 8.24. The molecule has 0 aromatic rings.